The second-order valence-corrected chi connectivity index (χ2v) is 6.36. The Morgan fingerprint density at radius 2 is 1.85 bits per heavy atom. The zero-order valence-corrected chi connectivity index (χ0v) is 15.6. The van der Waals surface area contributed by atoms with Gasteiger partial charge >= 0.3 is 0 Å². The number of amides is 2. The third kappa shape index (κ3) is 2.71. The van der Waals surface area contributed by atoms with Crippen LogP contribution in [-0.4, -0.2) is 38.2 Å². The van der Waals surface area contributed by atoms with E-state index in [2.05, 4.69) is 5.32 Å². The van der Waals surface area contributed by atoms with Crippen LogP contribution in [0.5, 0.6) is 11.5 Å². The third-order valence-electron chi connectivity index (χ3n) is 4.84. The molecule has 27 heavy (non-hydrogen) atoms. The van der Waals surface area contributed by atoms with E-state index in [4.69, 9.17) is 9.47 Å². The lowest BCUT2D eigenvalue weighted by Crippen LogP contribution is -2.55. The summed E-state index contributed by atoms with van der Waals surface area (Å²) >= 11 is 0. The number of benzene rings is 2. The zero-order valence-electron chi connectivity index (χ0n) is 15.6. The summed E-state index contributed by atoms with van der Waals surface area (Å²) in [4.78, 5) is 26.7. The second kappa shape index (κ2) is 6.92. The normalized spacial score (nSPS) is 19.4. The number of aliphatic hydroxyl groups is 1. The van der Waals surface area contributed by atoms with Gasteiger partial charge in [-0.15, -0.1) is 0 Å². The number of aliphatic hydroxyl groups excluding tert-OH is 1. The maximum atomic E-state index is 13.3. The summed E-state index contributed by atoms with van der Waals surface area (Å²) in [5, 5.41) is 14.1. The van der Waals surface area contributed by atoms with Crippen molar-refractivity contribution in [1.82, 2.24) is 5.32 Å². The summed E-state index contributed by atoms with van der Waals surface area (Å²) in [6.07, 6.45) is -1.40. The Kier molecular flexibility index (Phi) is 4.80. The number of fused-ring (bicyclic) bond motifs is 1. The van der Waals surface area contributed by atoms with E-state index in [9.17, 15) is 14.7 Å². The Hall–Kier alpha value is -3.06. The number of para-hydroxylation sites is 2. The molecule has 1 aliphatic heterocycles. The average Bonchev–Trinajstić information content (AvgIpc) is 2.89. The Balaban J connectivity index is 2.27. The number of methoxy groups -OCH3 is 2. The summed E-state index contributed by atoms with van der Waals surface area (Å²) in [5.41, 5.74) is -0.192. The van der Waals surface area contributed by atoms with Crippen LogP contribution >= 0.6 is 0 Å². The quantitative estimate of drug-likeness (QED) is 0.837. The molecule has 3 rings (SSSR count). The van der Waals surface area contributed by atoms with Crippen LogP contribution in [0.3, 0.4) is 0 Å². The van der Waals surface area contributed by atoms with Crippen molar-refractivity contribution < 1.29 is 24.2 Å². The topological polar surface area (TPSA) is 88.1 Å². The lowest BCUT2D eigenvalue weighted by atomic mass is 9.81. The molecule has 7 heteroatoms. The highest BCUT2D eigenvalue weighted by molar-refractivity contribution is 6.09. The van der Waals surface area contributed by atoms with Crippen LogP contribution in [0.4, 0.5) is 5.69 Å². The Labute approximate surface area is 157 Å². The van der Waals surface area contributed by atoms with E-state index >= 15 is 0 Å². The van der Waals surface area contributed by atoms with Crippen LogP contribution in [0.1, 0.15) is 24.2 Å². The molecule has 7 nitrogen and oxygen atoms in total. The van der Waals surface area contributed by atoms with E-state index < -0.39 is 23.5 Å². The summed E-state index contributed by atoms with van der Waals surface area (Å²) in [5.74, 6) is -0.151. The summed E-state index contributed by atoms with van der Waals surface area (Å²) in [6.45, 7) is 1.31. The largest absolute Gasteiger partial charge is 0.493 e. The molecular formula is C20H22N2O5. The molecule has 0 radical (unpaired) electrons. The monoisotopic (exact) mass is 370 g/mol. The van der Waals surface area contributed by atoms with Crippen molar-refractivity contribution in [2.75, 3.05) is 26.2 Å². The standard InChI is InChI=1S/C20H22N2O5/c1-12(23)21-20(14-9-5-6-10-15(14)22(2)19(20)25)18(24)13-8-7-11-16(26-3)17(13)27-4/h5-11,18,24H,1-4H3,(H,21,23)/t18-,20+/m0/s1. The van der Waals surface area contributed by atoms with Gasteiger partial charge in [-0.1, -0.05) is 30.3 Å². The fourth-order valence-electron chi connectivity index (χ4n) is 3.68. The number of nitrogens with one attached hydrogen (secondary N) is 1. The lowest BCUT2D eigenvalue weighted by molar-refractivity contribution is -0.135. The minimum absolute atomic E-state index is 0.303. The second-order valence-electron chi connectivity index (χ2n) is 6.36. The highest BCUT2D eigenvalue weighted by Crippen LogP contribution is 2.49. The summed E-state index contributed by atoms with van der Waals surface area (Å²) < 4.78 is 10.7. The van der Waals surface area contributed by atoms with Crippen LogP contribution < -0.4 is 19.7 Å². The minimum Gasteiger partial charge on any atom is -0.493 e. The number of ether oxygens (including phenoxy) is 2. The number of hydrogen-bond donors (Lipinski definition) is 2. The van der Waals surface area contributed by atoms with Gasteiger partial charge in [-0.05, 0) is 12.1 Å². The van der Waals surface area contributed by atoms with E-state index in [0.717, 1.165) is 0 Å². The number of carbonyl (C=O) groups excluding carboxylic acids is 2. The van der Waals surface area contributed by atoms with Crippen molar-refractivity contribution in [3.8, 4) is 11.5 Å². The predicted octanol–water partition coefficient (Wildman–Crippen LogP) is 1.75. The molecule has 0 saturated heterocycles. The van der Waals surface area contributed by atoms with Gasteiger partial charge < -0.3 is 24.8 Å². The van der Waals surface area contributed by atoms with E-state index in [-0.39, 0.29) is 0 Å². The van der Waals surface area contributed by atoms with E-state index in [1.54, 1.807) is 49.5 Å². The number of carbonyl (C=O) groups is 2. The first kappa shape index (κ1) is 18.7. The van der Waals surface area contributed by atoms with E-state index in [0.29, 0.717) is 28.3 Å². The Morgan fingerprint density at radius 1 is 1.15 bits per heavy atom. The molecule has 2 aromatic rings. The fraction of sp³-hybridized carbons (Fsp3) is 0.300. The molecule has 0 fully saturated rings. The van der Waals surface area contributed by atoms with E-state index in [1.165, 1.54) is 26.0 Å². The highest BCUT2D eigenvalue weighted by Gasteiger charge is 2.56. The van der Waals surface area contributed by atoms with Gasteiger partial charge in [0.25, 0.3) is 5.91 Å². The van der Waals surface area contributed by atoms with Crippen LogP contribution in [-0.2, 0) is 15.1 Å². The van der Waals surface area contributed by atoms with Gasteiger partial charge in [-0.25, -0.2) is 0 Å². The number of anilines is 1. The predicted molar refractivity (Wildman–Crippen MR) is 99.9 cm³/mol. The van der Waals surface area contributed by atoms with Gasteiger partial charge in [-0.3, -0.25) is 9.59 Å². The molecule has 0 saturated carbocycles. The maximum Gasteiger partial charge on any atom is 0.260 e. The van der Waals surface area contributed by atoms with Crippen molar-refractivity contribution in [2.45, 2.75) is 18.6 Å². The maximum absolute atomic E-state index is 13.3. The van der Waals surface area contributed by atoms with Crippen molar-refractivity contribution >= 4 is 17.5 Å². The zero-order chi connectivity index (χ0) is 19.8. The van der Waals surface area contributed by atoms with Crippen molar-refractivity contribution in [3.05, 3.63) is 53.6 Å². The molecule has 2 atom stereocenters. The van der Waals surface area contributed by atoms with Crippen LogP contribution in [0.15, 0.2) is 42.5 Å². The van der Waals surface area contributed by atoms with Crippen LogP contribution in [0.2, 0.25) is 0 Å². The van der Waals surface area contributed by atoms with Gasteiger partial charge in [-0.2, -0.15) is 0 Å². The molecule has 2 amide bonds. The molecule has 0 aromatic heterocycles. The third-order valence-corrected chi connectivity index (χ3v) is 4.84. The minimum atomic E-state index is -1.67. The van der Waals surface area contributed by atoms with Gasteiger partial charge in [0.1, 0.15) is 6.10 Å². The van der Waals surface area contributed by atoms with Crippen molar-refractivity contribution in [3.63, 3.8) is 0 Å². The van der Waals surface area contributed by atoms with Gasteiger partial charge in [0.2, 0.25) is 5.91 Å². The number of nitrogens with zero attached hydrogens (tertiary/aromatic N) is 1. The first-order valence-corrected chi connectivity index (χ1v) is 8.43. The molecular weight excluding hydrogens is 348 g/mol. The highest BCUT2D eigenvalue weighted by atomic mass is 16.5. The van der Waals surface area contributed by atoms with Gasteiger partial charge in [0.15, 0.2) is 17.0 Å². The molecule has 0 aliphatic carbocycles. The number of rotatable bonds is 5. The Morgan fingerprint density at radius 3 is 2.48 bits per heavy atom. The number of likely N-dealkylation sites (N-methyl/N-ethyl adjacent to an activating group) is 1. The van der Waals surface area contributed by atoms with Crippen LogP contribution in [0.25, 0.3) is 0 Å². The van der Waals surface area contributed by atoms with Gasteiger partial charge in [0, 0.05) is 30.8 Å². The first-order chi connectivity index (χ1) is 12.9. The molecule has 2 aromatic carbocycles. The molecule has 1 heterocycles. The van der Waals surface area contributed by atoms with Crippen LogP contribution in [0, 0.1) is 0 Å². The fourth-order valence-corrected chi connectivity index (χ4v) is 3.68. The molecule has 0 bridgehead atoms. The molecule has 142 valence electrons. The summed E-state index contributed by atoms with van der Waals surface area (Å²) in [7, 11) is 4.55. The SMILES string of the molecule is COc1cccc([C@H](O)[C@@]2(NC(C)=O)C(=O)N(C)c3ccccc32)c1OC. The number of hydrogen-bond acceptors (Lipinski definition) is 5. The molecule has 0 unspecified atom stereocenters. The van der Waals surface area contributed by atoms with Crippen molar-refractivity contribution in [1.29, 1.82) is 0 Å². The summed E-state index contributed by atoms with van der Waals surface area (Å²) in [6, 6.07) is 12.1. The molecule has 1 aliphatic rings. The smallest absolute Gasteiger partial charge is 0.260 e. The first-order valence-electron chi connectivity index (χ1n) is 8.43. The molecule has 2 N–H and O–H groups in total. The average molecular weight is 370 g/mol. The van der Waals surface area contributed by atoms with Gasteiger partial charge in [0.05, 0.1) is 14.2 Å². The Bertz CT molecular complexity index is 898. The lowest BCUT2D eigenvalue weighted by Gasteiger charge is -2.34. The van der Waals surface area contributed by atoms with Crippen molar-refractivity contribution in [2.24, 2.45) is 0 Å². The molecule has 0 spiro atoms. The van der Waals surface area contributed by atoms with E-state index in [1.807, 2.05) is 0 Å².